The number of aryl methyl sites for hydroxylation is 2. The zero-order valence-electron chi connectivity index (χ0n) is 15.8. The maximum atomic E-state index is 12.8. The number of amides is 1. The summed E-state index contributed by atoms with van der Waals surface area (Å²) >= 11 is 0. The van der Waals surface area contributed by atoms with Crippen molar-refractivity contribution in [3.63, 3.8) is 0 Å². The Morgan fingerprint density at radius 1 is 1.00 bits per heavy atom. The number of aromatic nitrogens is 2. The van der Waals surface area contributed by atoms with Crippen LogP contribution < -0.4 is 10.9 Å². The standard InChI is InChI=1S/C22H21N3O3/c1-15-7-9-17(10-8-15)20(26)18-5-3-4-6-19(18)21(27)24-11-12-25-14-23-13-16(2)22(25)28/h3-10,13-14H,11-12H2,1-2H3,(H,24,27). The molecule has 142 valence electrons. The Morgan fingerprint density at radius 3 is 2.39 bits per heavy atom. The van der Waals surface area contributed by atoms with Crippen molar-refractivity contribution in [2.24, 2.45) is 0 Å². The summed E-state index contributed by atoms with van der Waals surface area (Å²) in [5, 5.41) is 2.77. The lowest BCUT2D eigenvalue weighted by Crippen LogP contribution is -2.32. The fraction of sp³-hybridized carbons (Fsp3) is 0.182. The Morgan fingerprint density at radius 2 is 1.68 bits per heavy atom. The van der Waals surface area contributed by atoms with Crippen LogP contribution in [0.2, 0.25) is 0 Å². The Balaban J connectivity index is 1.74. The van der Waals surface area contributed by atoms with Crippen molar-refractivity contribution < 1.29 is 9.59 Å². The maximum absolute atomic E-state index is 12.8. The van der Waals surface area contributed by atoms with E-state index < -0.39 is 0 Å². The molecule has 6 heteroatoms. The molecule has 1 aromatic heterocycles. The highest BCUT2D eigenvalue weighted by Crippen LogP contribution is 2.15. The van der Waals surface area contributed by atoms with E-state index in [0.29, 0.717) is 28.8 Å². The predicted octanol–water partition coefficient (Wildman–Crippen LogP) is 2.52. The number of carbonyl (C=O) groups is 2. The third-order valence-electron chi connectivity index (χ3n) is 4.44. The molecule has 6 nitrogen and oxygen atoms in total. The lowest BCUT2D eigenvalue weighted by Gasteiger charge is -2.11. The quantitative estimate of drug-likeness (QED) is 0.672. The first-order valence-corrected chi connectivity index (χ1v) is 8.97. The molecule has 0 radical (unpaired) electrons. The number of rotatable bonds is 6. The van der Waals surface area contributed by atoms with Gasteiger partial charge < -0.3 is 5.32 Å². The average molecular weight is 375 g/mol. The molecule has 0 aliphatic rings. The van der Waals surface area contributed by atoms with Gasteiger partial charge in [0.2, 0.25) is 0 Å². The Bertz CT molecular complexity index is 1070. The zero-order chi connectivity index (χ0) is 20.1. The lowest BCUT2D eigenvalue weighted by atomic mass is 9.97. The number of hydrogen-bond acceptors (Lipinski definition) is 4. The van der Waals surface area contributed by atoms with Crippen molar-refractivity contribution in [1.29, 1.82) is 0 Å². The molecule has 0 aliphatic carbocycles. The number of nitrogens with zero attached hydrogens (tertiary/aromatic N) is 2. The molecule has 1 N–H and O–H groups in total. The van der Waals surface area contributed by atoms with Crippen molar-refractivity contribution in [3.8, 4) is 0 Å². The minimum atomic E-state index is -0.357. The fourth-order valence-electron chi connectivity index (χ4n) is 2.84. The summed E-state index contributed by atoms with van der Waals surface area (Å²) < 4.78 is 1.44. The highest BCUT2D eigenvalue weighted by atomic mass is 16.2. The Kier molecular flexibility index (Phi) is 5.79. The first kappa shape index (κ1) is 19.2. The number of carbonyl (C=O) groups excluding carboxylic acids is 2. The van der Waals surface area contributed by atoms with E-state index >= 15 is 0 Å². The third kappa shape index (κ3) is 4.23. The maximum Gasteiger partial charge on any atom is 0.256 e. The molecule has 0 aliphatic heterocycles. The Hall–Kier alpha value is -3.54. The van der Waals surface area contributed by atoms with Gasteiger partial charge in [0.15, 0.2) is 5.78 Å². The van der Waals surface area contributed by atoms with Gasteiger partial charge in [-0.3, -0.25) is 19.0 Å². The van der Waals surface area contributed by atoms with Gasteiger partial charge >= 0.3 is 0 Å². The van der Waals surface area contributed by atoms with Gasteiger partial charge in [-0.25, -0.2) is 4.98 Å². The van der Waals surface area contributed by atoms with E-state index in [1.165, 1.54) is 17.1 Å². The predicted molar refractivity (Wildman–Crippen MR) is 107 cm³/mol. The van der Waals surface area contributed by atoms with E-state index in [9.17, 15) is 14.4 Å². The molecule has 0 saturated carbocycles. The van der Waals surface area contributed by atoms with Crippen LogP contribution in [0.1, 0.15) is 37.4 Å². The largest absolute Gasteiger partial charge is 0.350 e. The van der Waals surface area contributed by atoms with E-state index in [1.807, 2.05) is 19.1 Å². The van der Waals surface area contributed by atoms with E-state index in [1.54, 1.807) is 43.3 Å². The summed E-state index contributed by atoms with van der Waals surface area (Å²) in [7, 11) is 0. The van der Waals surface area contributed by atoms with Crippen LogP contribution in [0.25, 0.3) is 0 Å². The second-order valence-electron chi connectivity index (χ2n) is 6.57. The van der Waals surface area contributed by atoms with Gasteiger partial charge in [-0.15, -0.1) is 0 Å². The van der Waals surface area contributed by atoms with Gasteiger partial charge in [-0.2, -0.15) is 0 Å². The van der Waals surface area contributed by atoms with Crippen LogP contribution in [0.3, 0.4) is 0 Å². The summed E-state index contributed by atoms with van der Waals surface area (Å²) in [6.45, 7) is 4.19. The van der Waals surface area contributed by atoms with Crippen LogP contribution in [0.15, 0.2) is 65.8 Å². The molecule has 0 saturated heterocycles. The van der Waals surface area contributed by atoms with Crippen molar-refractivity contribution in [1.82, 2.24) is 14.9 Å². The molecule has 1 amide bonds. The topological polar surface area (TPSA) is 81.1 Å². The molecule has 0 atom stereocenters. The molecule has 0 bridgehead atoms. The summed E-state index contributed by atoms with van der Waals surface area (Å²) in [5.74, 6) is -0.561. The normalized spacial score (nSPS) is 10.5. The van der Waals surface area contributed by atoms with Crippen molar-refractivity contribution >= 4 is 11.7 Å². The molecule has 0 unspecified atom stereocenters. The van der Waals surface area contributed by atoms with Gasteiger partial charge in [-0.05, 0) is 19.9 Å². The van der Waals surface area contributed by atoms with Crippen LogP contribution in [0, 0.1) is 13.8 Å². The molecule has 1 heterocycles. The minimum absolute atomic E-state index is 0.140. The molecule has 28 heavy (non-hydrogen) atoms. The SMILES string of the molecule is Cc1ccc(C(=O)c2ccccc2C(=O)NCCn2cncc(C)c2=O)cc1. The van der Waals surface area contributed by atoms with Crippen LogP contribution in [0.4, 0.5) is 0 Å². The average Bonchev–Trinajstić information content (AvgIpc) is 2.71. The van der Waals surface area contributed by atoms with Crippen molar-refractivity contribution in [2.75, 3.05) is 6.54 Å². The van der Waals surface area contributed by atoms with E-state index in [-0.39, 0.29) is 23.8 Å². The second-order valence-corrected chi connectivity index (χ2v) is 6.57. The van der Waals surface area contributed by atoms with Crippen LogP contribution >= 0.6 is 0 Å². The van der Waals surface area contributed by atoms with Gasteiger partial charge in [0.25, 0.3) is 11.5 Å². The summed E-state index contributed by atoms with van der Waals surface area (Å²) in [6, 6.07) is 14.0. The zero-order valence-corrected chi connectivity index (χ0v) is 15.8. The number of benzene rings is 2. The summed E-state index contributed by atoms with van der Waals surface area (Å²) in [4.78, 5) is 41.4. The highest BCUT2D eigenvalue weighted by molar-refractivity contribution is 6.15. The number of nitrogens with one attached hydrogen (secondary N) is 1. The van der Waals surface area contributed by atoms with Gasteiger partial charge in [-0.1, -0.05) is 48.0 Å². The highest BCUT2D eigenvalue weighted by Gasteiger charge is 2.17. The molecular weight excluding hydrogens is 354 g/mol. The molecule has 0 fully saturated rings. The molecule has 3 rings (SSSR count). The lowest BCUT2D eigenvalue weighted by molar-refractivity contribution is 0.0940. The van der Waals surface area contributed by atoms with E-state index in [4.69, 9.17) is 0 Å². The Labute approximate surface area is 162 Å². The van der Waals surface area contributed by atoms with Gasteiger partial charge in [0.05, 0.1) is 11.9 Å². The van der Waals surface area contributed by atoms with Gasteiger partial charge in [0.1, 0.15) is 0 Å². The van der Waals surface area contributed by atoms with Crippen molar-refractivity contribution in [3.05, 3.63) is 99.2 Å². The first-order valence-electron chi connectivity index (χ1n) is 8.97. The first-order chi connectivity index (χ1) is 13.5. The van der Waals surface area contributed by atoms with E-state index in [2.05, 4.69) is 10.3 Å². The minimum Gasteiger partial charge on any atom is -0.350 e. The van der Waals surface area contributed by atoms with Crippen LogP contribution in [-0.4, -0.2) is 27.8 Å². The molecule has 0 spiro atoms. The molecular formula is C22H21N3O3. The van der Waals surface area contributed by atoms with Crippen LogP contribution in [-0.2, 0) is 6.54 Å². The van der Waals surface area contributed by atoms with Crippen molar-refractivity contribution in [2.45, 2.75) is 20.4 Å². The summed E-state index contributed by atoms with van der Waals surface area (Å²) in [5.41, 5.74) is 2.65. The third-order valence-corrected chi connectivity index (χ3v) is 4.44. The second kappa shape index (κ2) is 8.43. The molecule has 3 aromatic rings. The van der Waals surface area contributed by atoms with Gasteiger partial charge in [0, 0.05) is 36.0 Å². The van der Waals surface area contributed by atoms with Crippen LogP contribution in [0.5, 0.6) is 0 Å². The molecule has 2 aromatic carbocycles. The summed E-state index contributed by atoms with van der Waals surface area (Å²) in [6.07, 6.45) is 2.95. The van der Waals surface area contributed by atoms with E-state index in [0.717, 1.165) is 5.56 Å². The fourth-order valence-corrected chi connectivity index (χ4v) is 2.84. The smallest absolute Gasteiger partial charge is 0.256 e. The number of ketones is 1. The monoisotopic (exact) mass is 375 g/mol. The number of hydrogen-bond donors (Lipinski definition) is 1.